The van der Waals surface area contributed by atoms with Crippen LogP contribution in [0.2, 0.25) is 0 Å². The average molecular weight is 443 g/mol. The van der Waals surface area contributed by atoms with Gasteiger partial charge in [0.1, 0.15) is 0 Å². The number of hydrogen-bond acceptors (Lipinski definition) is 4. The third-order valence-corrected chi connectivity index (χ3v) is 6.83. The van der Waals surface area contributed by atoms with Crippen LogP contribution in [0.4, 0.5) is 5.69 Å². The van der Waals surface area contributed by atoms with Crippen molar-refractivity contribution in [2.45, 2.75) is 25.2 Å². The quantitative estimate of drug-likeness (QED) is 0.618. The second-order valence-corrected chi connectivity index (χ2v) is 9.31. The fourth-order valence-electron chi connectivity index (χ4n) is 5.11. The van der Waals surface area contributed by atoms with E-state index in [0.29, 0.717) is 12.1 Å². The molecule has 0 bridgehead atoms. The monoisotopic (exact) mass is 442 g/mol. The minimum absolute atomic E-state index is 0.0105. The Labute approximate surface area is 194 Å². The van der Waals surface area contributed by atoms with E-state index in [-0.39, 0.29) is 17.7 Å². The van der Waals surface area contributed by atoms with Crippen LogP contribution in [-0.2, 0) is 11.2 Å². The summed E-state index contributed by atoms with van der Waals surface area (Å²) in [5, 5.41) is 0.883. The van der Waals surface area contributed by atoms with Gasteiger partial charge in [-0.3, -0.25) is 19.5 Å². The molecule has 170 valence electrons. The molecule has 0 N–H and O–H groups in total. The van der Waals surface area contributed by atoms with E-state index in [2.05, 4.69) is 17.0 Å². The minimum atomic E-state index is -0.0105. The third-order valence-electron chi connectivity index (χ3n) is 6.83. The van der Waals surface area contributed by atoms with Gasteiger partial charge in [0.15, 0.2) is 0 Å². The van der Waals surface area contributed by atoms with E-state index in [1.807, 2.05) is 47.4 Å². The number of amides is 2. The minimum Gasteiger partial charge on any atom is -0.345 e. The summed E-state index contributed by atoms with van der Waals surface area (Å²) in [6, 6.07) is 18.0. The zero-order valence-electron chi connectivity index (χ0n) is 19.3. The van der Waals surface area contributed by atoms with Gasteiger partial charge in [0.2, 0.25) is 5.91 Å². The van der Waals surface area contributed by atoms with Crippen LogP contribution in [0.1, 0.15) is 40.4 Å². The molecule has 6 nitrogen and oxygen atoms in total. The van der Waals surface area contributed by atoms with Gasteiger partial charge in [-0.05, 0) is 49.6 Å². The number of para-hydroxylation sites is 2. The van der Waals surface area contributed by atoms with Crippen molar-refractivity contribution in [1.82, 2.24) is 14.8 Å². The molecule has 3 aromatic rings. The van der Waals surface area contributed by atoms with Gasteiger partial charge in [-0.25, -0.2) is 0 Å². The first-order chi connectivity index (χ1) is 16.0. The van der Waals surface area contributed by atoms with Gasteiger partial charge in [-0.1, -0.05) is 36.4 Å². The number of fused-ring (bicyclic) bond motifs is 2. The Morgan fingerprint density at radius 1 is 1.06 bits per heavy atom. The van der Waals surface area contributed by atoms with Gasteiger partial charge in [-0.15, -0.1) is 0 Å². The van der Waals surface area contributed by atoms with Crippen LogP contribution in [-0.4, -0.2) is 66.9 Å². The summed E-state index contributed by atoms with van der Waals surface area (Å²) < 4.78 is 0. The Kier molecular flexibility index (Phi) is 5.85. The van der Waals surface area contributed by atoms with Crippen LogP contribution >= 0.6 is 0 Å². The lowest BCUT2D eigenvalue weighted by molar-refractivity contribution is -0.119. The highest BCUT2D eigenvalue weighted by atomic mass is 16.2. The first kappa shape index (κ1) is 21.6. The topological polar surface area (TPSA) is 56.8 Å². The molecule has 1 fully saturated rings. The maximum atomic E-state index is 13.2. The Bertz CT molecular complexity index is 1210. The van der Waals surface area contributed by atoms with Gasteiger partial charge in [0, 0.05) is 49.9 Å². The van der Waals surface area contributed by atoms with E-state index < -0.39 is 0 Å². The van der Waals surface area contributed by atoms with Crippen molar-refractivity contribution < 1.29 is 9.59 Å². The number of likely N-dealkylation sites (tertiary alicyclic amines) is 1. The maximum absolute atomic E-state index is 13.2. The van der Waals surface area contributed by atoms with Crippen LogP contribution in [0.15, 0.2) is 54.6 Å². The first-order valence-corrected chi connectivity index (χ1v) is 11.7. The Balaban J connectivity index is 1.34. The number of aryl methyl sites for hydroxylation is 1. The number of hydrogen-bond donors (Lipinski definition) is 0. The molecule has 33 heavy (non-hydrogen) atoms. The normalized spacial score (nSPS) is 18.4. The van der Waals surface area contributed by atoms with Crippen LogP contribution in [0.25, 0.3) is 10.9 Å². The highest BCUT2D eigenvalue weighted by Gasteiger charge is 2.30. The Morgan fingerprint density at radius 3 is 2.70 bits per heavy atom. The van der Waals surface area contributed by atoms with Crippen molar-refractivity contribution in [3.8, 4) is 0 Å². The molecule has 2 aliphatic rings. The zero-order chi connectivity index (χ0) is 22.9. The van der Waals surface area contributed by atoms with Gasteiger partial charge in [-0.2, -0.15) is 0 Å². The number of carbonyl (C=O) groups is 2. The molecule has 2 aliphatic heterocycles. The molecule has 0 aliphatic carbocycles. The molecule has 2 amide bonds. The standard InChI is InChI=1S/C27H30N4O2/c1-29(2)27(33)22-16-24(28-23-11-5-4-10-21(22)23)20-13-15-30(17-20)18-26(32)31-14-7-9-19-8-3-6-12-25(19)31/h3-6,8,10-12,16,20H,7,9,13-15,17-18H2,1-2H3. The molecule has 2 aromatic carbocycles. The van der Waals surface area contributed by atoms with Gasteiger partial charge < -0.3 is 9.80 Å². The van der Waals surface area contributed by atoms with Crippen LogP contribution in [0.5, 0.6) is 0 Å². The maximum Gasteiger partial charge on any atom is 0.254 e. The third kappa shape index (κ3) is 4.23. The number of pyridine rings is 1. The molecule has 0 saturated carbocycles. The molecule has 1 unspecified atom stereocenters. The van der Waals surface area contributed by atoms with Crippen LogP contribution in [0, 0.1) is 0 Å². The summed E-state index contributed by atoms with van der Waals surface area (Å²) in [7, 11) is 3.55. The SMILES string of the molecule is CN(C)C(=O)c1cc(C2CCN(CC(=O)N3CCCc4ccccc43)C2)nc2ccccc12. The number of aromatic nitrogens is 1. The summed E-state index contributed by atoms with van der Waals surface area (Å²) in [6.07, 6.45) is 2.98. The number of carbonyl (C=O) groups excluding carboxylic acids is 2. The van der Waals surface area contributed by atoms with Gasteiger partial charge in [0.05, 0.1) is 17.6 Å². The smallest absolute Gasteiger partial charge is 0.254 e. The van der Waals surface area contributed by atoms with E-state index >= 15 is 0 Å². The molecule has 0 spiro atoms. The Hall–Kier alpha value is -3.25. The van der Waals surface area contributed by atoms with Crippen molar-refractivity contribution in [1.29, 1.82) is 0 Å². The molecular weight excluding hydrogens is 412 g/mol. The fourth-order valence-corrected chi connectivity index (χ4v) is 5.11. The number of nitrogens with zero attached hydrogens (tertiary/aromatic N) is 4. The molecule has 6 heteroatoms. The van der Waals surface area contributed by atoms with Crippen molar-refractivity contribution >= 4 is 28.4 Å². The zero-order valence-corrected chi connectivity index (χ0v) is 19.3. The summed E-state index contributed by atoms with van der Waals surface area (Å²) in [4.78, 5) is 36.7. The summed E-state index contributed by atoms with van der Waals surface area (Å²) >= 11 is 0. The van der Waals surface area contributed by atoms with Gasteiger partial charge >= 0.3 is 0 Å². The molecule has 1 atom stereocenters. The Morgan fingerprint density at radius 2 is 1.85 bits per heavy atom. The second kappa shape index (κ2) is 8.94. The van der Waals surface area contributed by atoms with Crippen molar-refractivity contribution in [3.05, 3.63) is 71.4 Å². The number of rotatable bonds is 4. The summed E-state index contributed by atoms with van der Waals surface area (Å²) in [5.74, 6) is 0.367. The van der Waals surface area contributed by atoms with Crippen molar-refractivity contribution in [2.75, 3.05) is 45.2 Å². The molecule has 0 radical (unpaired) electrons. The van der Waals surface area contributed by atoms with Crippen molar-refractivity contribution in [3.63, 3.8) is 0 Å². The molecule has 1 saturated heterocycles. The van der Waals surface area contributed by atoms with Crippen LogP contribution in [0.3, 0.4) is 0 Å². The number of anilines is 1. The van der Waals surface area contributed by atoms with E-state index in [4.69, 9.17) is 4.98 Å². The lowest BCUT2D eigenvalue weighted by atomic mass is 9.99. The lowest BCUT2D eigenvalue weighted by Crippen LogP contribution is -2.42. The largest absolute Gasteiger partial charge is 0.345 e. The highest BCUT2D eigenvalue weighted by molar-refractivity contribution is 6.06. The summed E-state index contributed by atoms with van der Waals surface area (Å²) in [6.45, 7) is 2.84. The molecule has 5 rings (SSSR count). The van der Waals surface area contributed by atoms with E-state index in [1.54, 1.807) is 19.0 Å². The van der Waals surface area contributed by atoms with Crippen molar-refractivity contribution in [2.24, 2.45) is 0 Å². The average Bonchev–Trinajstić information content (AvgIpc) is 3.30. The van der Waals surface area contributed by atoms with Gasteiger partial charge in [0.25, 0.3) is 5.91 Å². The number of benzene rings is 2. The van der Waals surface area contributed by atoms with Crippen LogP contribution < -0.4 is 4.90 Å². The molecule has 3 heterocycles. The predicted octanol–water partition coefficient (Wildman–Crippen LogP) is 3.71. The lowest BCUT2D eigenvalue weighted by Gasteiger charge is -2.31. The van der Waals surface area contributed by atoms with E-state index in [9.17, 15) is 9.59 Å². The van der Waals surface area contributed by atoms with E-state index in [1.165, 1.54) is 5.56 Å². The predicted molar refractivity (Wildman–Crippen MR) is 131 cm³/mol. The molecule has 1 aromatic heterocycles. The fraction of sp³-hybridized carbons (Fsp3) is 0.370. The highest BCUT2D eigenvalue weighted by Crippen LogP contribution is 2.31. The molecular formula is C27H30N4O2. The summed E-state index contributed by atoms with van der Waals surface area (Å²) in [5.41, 5.74) is 4.80. The van der Waals surface area contributed by atoms with E-state index in [0.717, 1.165) is 61.2 Å². The second-order valence-electron chi connectivity index (χ2n) is 9.31. The first-order valence-electron chi connectivity index (χ1n) is 11.7.